The SMILES string of the molecule is CC(Nc1cc(N2CCSCC2)ncn1)C(=O)NCc1ccccc1. The van der Waals surface area contributed by atoms with Crippen molar-refractivity contribution >= 4 is 29.3 Å². The quantitative estimate of drug-likeness (QED) is 0.825. The second kappa shape index (κ2) is 8.71. The van der Waals surface area contributed by atoms with Gasteiger partial charge in [-0.1, -0.05) is 30.3 Å². The van der Waals surface area contributed by atoms with Crippen LogP contribution in [-0.4, -0.2) is 46.5 Å². The number of nitrogens with zero attached hydrogens (tertiary/aromatic N) is 3. The Morgan fingerprint density at radius 3 is 2.76 bits per heavy atom. The fourth-order valence-electron chi connectivity index (χ4n) is 2.62. The van der Waals surface area contributed by atoms with Crippen LogP contribution >= 0.6 is 11.8 Å². The molecule has 2 heterocycles. The fraction of sp³-hybridized carbons (Fsp3) is 0.389. The Bertz CT molecular complexity index is 691. The van der Waals surface area contributed by atoms with Gasteiger partial charge < -0.3 is 15.5 Å². The van der Waals surface area contributed by atoms with Crippen molar-refractivity contribution in [3.63, 3.8) is 0 Å². The van der Waals surface area contributed by atoms with Crippen LogP contribution in [0, 0.1) is 0 Å². The van der Waals surface area contributed by atoms with Crippen LogP contribution in [-0.2, 0) is 11.3 Å². The summed E-state index contributed by atoms with van der Waals surface area (Å²) in [6.45, 7) is 4.34. The average molecular weight is 357 g/mol. The van der Waals surface area contributed by atoms with Gasteiger partial charge in [-0.05, 0) is 12.5 Å². The first-order valence-electron chi connectivity index (χ1n) is 8.45. The molecule has 1 fully saturated rings. The fourth-order valence-corrected chi connectivity index (χ4v) is 3.52. The predicted molar refractivity (Wildman–Crippen MR) is 103 cm³/mol. The zero-order valence-electron chi connectivity index (χ0n) is 14.3. The lowest BCUT2D eigenvalue weighted by molar-refractivity contribution is -0.121. The van der Waals surface area contributed by atoms with Gasteiger partial charge in [0.05, 0.1) is 0 Å². The third kappa shape index (κ3) is 5.09. The lowest BCUT2D eigenvalue weighted by atomic mass is 10.2. The summed E-state index contributed by atoms with van der Waals surface area (Å²) in [6, 6.07) is 11.4. The highest BCUT2D eigenvalue weighted by atomic mass is 32.2. The van der Waals surface area contributed by atoms with Crippen molar-refractivity contribution in [1.82, 2.24) is 15.3 Å². The van der Waals surface area contributed by atoms with E-state index in [-0.39, 0.29) is 11.9 Å². The number of hydrogen-bond donors (Lipinski definition) is 2. The molecule has 3 rings (SSSR count). The second-order valence-electron chi connectivity index (χ2n) is 5.93. The molecule has 25 heavy (non-hydrogen) atoms. The van der Waals surface area contributed by atoms with E-state index in [1.807, 2.05) is 55.1 Å². The molecule has 6 nitrogen and oxygen atoms in total. The first-order chi connectivity index (χ1) is 12.2. The molecular weight excluding hydrogens is 334 g/mol. The van der Waals surface area contributed by atoms with E-state index in [1.54, 1.807) is 6.33 Å². The molecule has 2 N–H and O–H groups in total. The minimum atomic E-state index is -0.372. The Kier molecular flexibility index (Phi) is 6.11. The Balaban J connectivity index is 1.54. The van der Waals surface area contributed by atoms with Crippen LogP contribution in [0.25, 0.3) is 0 Å². The molecule has 7 heteroatoms. The molecule has 0 aliphatic carbocycles. The molecule has 132 valence electrons. The number of anilines is 2. The Morgan fingerprint density at radius 2 is 2.00 bits per heavy atom. The van der Waals surface area contributed by atoms with Gasteiger partial charge in [-0.3, -0.25) is 4.79 Å². The van der Waals surface area contributed by atoms with Gasteiger partial charge >= 0.3 is 0 Å². The Hall–Kier alpha value is -2.28. The number of hydrogen-bond acceptors (Lipinski definition) is 6. The van der Waals surface area contributed by atoms with E-state index in [2.05, 4.69) is 25.5 Å². The minimum Gasteiger partial charge on any atom is -0.358 e. The maximum absolute atomic E-state index is 12.3. The van der Waals surface area contributed by atoms with Crippen molar-refractivity contribution in [1.29, 1.82) is 0 Å². The molecule has 1 aliphatic rings. The smallest absolute Gasteiger partial charge is 0.242 e. The molecule has 1 amide bonds. The predicted octanol–water partition coefficient (Wildman–Crippen LogP) is 2.15. The molecule has 1 saturated heterocycles. The number of benzene rings is 1. The van der Waals surface area contributed by atoms with Gasteiger partial charge in [-0.15, -0.1) is 0 Å². The highest BCUT2D eigenvalue weighted by Gasteiger charge is 2.16. The van der Waals surface area contributed by atoms with Gasteiger partial charge in [-0.25, -0.2) is 9.97 Å². The monoisotopic (exact) mass is 357 g/mol. The van der Waals surface area contributed by atoms with Crippen molar-refractivity contribution < 1.29 is 4.79 Å². The molecule has 0 saturated carbocycles. The van der Waals surface area contributed by atoms with E-state index in [0.29, 0.717) is 12.4 Å². The number of carbonyl (C=O) groups is 1. The van der Waals surface area contributed by atoms with Crippen LogP contribution in [0.3, 0.4) is 0 Å². The number of carbonyl (C=O) groups excluding carboxylic acids is 1. The third-order valence-electron chi connectivity index (χ3n) is 4.05. The van der Waals surface area contributed by atoms with Crippen molar-refractivity contribution in [3.8, 4) is 0 Å². The highest BCUT2D eigenvalue weighted by molar-refractivity contribution is 7.99. The van der Waals surface area contributed by atoms with Crippen molar-refractivity contribution in [2.75, 3.05) is 34.8 Å². The summed E-state index contributed by atoms with van der Waals surface area (Å²) in [5.74, 6) is 3.76. The average Bonchev–Trinajstić information content (AvgIpc) is 2.68. The topological polar surface area (TPSA) is 70.1 Å². The lowest BCUT2D eigenvalue weighted by Crippen LogP contribution is -2.37. The van der Waals surface area contributed by atoms with Gasteiger partial charge in [0.2, 0.25) is 5.91 Å². The van der Waals surface area contributed by atoms with Crippen LogP contribution in [0.1, 0.15) is 12.5 Å². The summed E-state index contributed by atoms with van der Waals surface area (Å²) in [4.78, 5) is 23.1. The maximum Gasteiger partial charge on any atom is 0.242 e. The normalized spacial score (nSPS) is 15.5. The summed E-state index contributed by atoms with van der Waals surface area (Å²) >= 11 is 1.96. The van der Waals surface area contributed by atoms with E-state index in [4.69, 9.17) is 0 Å². The zero-order chi connectivity index (χ0) is 17.5. The minimum absolute atomic E-state index is 0.0570. The van der Waals surface area contributed by atoms with Gasteiger partial charge in [0, 0.05) is 37.2 Å². The van der Waals surface area contributed by atoms with Gasteiger partial charge in [0.15, 0.2) is 0 Å². The molecule has 1 atom stereocenters. The largest absolute Gasteiger partial charge is 0.358 e. The number of rotatable bonds is 6. The van der Waals surface area contributed by atoms with Crippen LogP contribution in [0.2, 0.25) is 0 Å². The van der Waals surface area contributed by atoms with E-state index in [1.165, 1.54) is 0 Å². The first-order valence-corrected chi connectivity index (χ1v) is 9.61. The summed E-state index contributed by atoms with van der Waals surface area (Å²) in [7, 11) is 0. The van der Waals surface area contributed by atoms with E-state index in [9.17, 15) is 4.79 Å². The van der Waals surface area contributed by atoms with Crippen molar-refractivity contribution in [2.24, 2.45) is 0 Å². The first kappa shape index (κ1) is 17.5. The summed E-state index contributed by atoms with van der Waals surface area (Å²) < 4.78 is 0. The molecule has 1 aromatic carbocycles. The maximum atomic E-state index is 12.3. The van der Waals surface area contributed by atoms with E-state index in [0.717, 1.165) is 36.0 Å². The Labute approximate surface area is 152 Å². The molecule has 0 bridgehead atoms. The summed E-state index contributed by atoms with van der Waals surface area (Å²) in [5.41, 5.74) is 1.08. The van der Waals surface area contributed by atoms with Crippen LogP contribution < -0.4 is 15.5 Å². The van der Waals surface area contributed by atoms with E-state index < -0.39 is 0 Å². The standard InChI is InChI=1S/C18H23N5OS/c1-14(18(24)19-12-15-5-3-2-4-6-15)22-16-11-17(21-13-20-16)23-7-9-25-10-8-23/h2-6,11,13-14H,7-10,12H2,1H3,(H,19,24)(H,20,21,22). The van der Waals surface area contributed by atoms with Crippen molar-refractivity contribution in [2.45, 2.75) is 19.5 Å². The van der Waals surface area contributed by atoms with Gasteiger partial charge in [-0.2, -0.15) is 11.8 Å². The number of thioether (sulfide) groups is 1. The second-order valence-corrected chi connectivity index (χ2v) is 7.16. The van der Waals surface area contributed by atoms with Gasteiger partial charge in [0.25, 0.3) is 0 Å². The molecule has 2 aromatic rings. The lowest BCUT2D eigenvalue weighted by Gasteiger charge is -2.27. The summed E-state index contributed by atoms with van der Waals surface area (Å²) in [5, 5.41) is 6.10. The van der Waals surface area contributed by atoms with Crippen LogP contribution in [0.5, 0.6) is 0 Å². The van der Waals surface area contributed by atoms with Gasteiger partial charge in [0.1, 0.15) is 24.0 Å². The van der Waals surface area contributed by atoms with Crippen LogP contribution in [0.4, 0.5) is 11.6 Å². The molecular formula is C18H23N5OS. The number of nitrogens with one attached hydrogen (secondary N) is 2. The summed E-state index contributed by atoms with van der Waals surface area (Å²) in [6.07, 6.45) is 1.55. The molecule has 0 spiro atoms. The molecule has 1 unspecified atom stereocenters. The molecule has 0 radical (unpaired) electrons. The molecule has 1 aliphatic heterocycles. The third-order valence-corrected chi connectivity index (χ3v) is 5.00. The van der Waals surface area contributed by atoms with E-state index >= 15 is 0 Å². The zero-order valence-corrected chi connectivity index (χ0v) is 15.1. The number of amides is 1. The van der Waals surface area contributed by atoms with Crippen LogP contribution in [0.15, 0.2) is 42.7 Å². The number of aromatic nitrogens is 2. The Morgan fingerprint density at radius 1 is 1.24 bits per heavy atom. The molecule has 1 aromatic heterocycles. The highest BCUT2D eigenvalue weighted by Crippen LogP contribution is 2.19. The van der Waals surface area contributed by atoms with Crippen molar-refractivity contribution in [3.05, 3.63) is 48.3 Å².